The van der Waals surface area contributed by atoms with Gasteiger partial charge in [0, 0.05) is 12.0 Å². The smallest absolute Gasteiger partial charge is 0.213 e. The largest absolute Gasteiger partial charge is 0.390 e. The van der Waals surface area contributed by atoms with Crippen molar-refractivity contribution >= 4 is 16.3 Å². The Kier molecular flexibility index (Phi) is 4.02. The predicted octanol–water partition coefficient (Wildman–Crippen LogP) is 3.77. The molecule has 22 heavy (non-hydrogen) atoms. The maximum absolute atomic E-state index is 9.79. The molecule has 0 saturated carbocycles. The molecule has 0 radical (unpaired) electrons. The van der Waals surface area contributed by atoms with Crippen LogP contribution in [0, 0.1) is 19.8 Å². The van der Waals surface area contributed by atoms with Gasteiger partial charge in [0.2, 0.25) is 4.96 Å². The highest BCUT2D eigenvalue weighted by Gasteiger charge is 2.18. The second kappa shape index (κ2) is 5.82. The SMILES string of the molecule is Cc1ccc(-c2nc3sc(CC(C)C)nn3c2CO)cc1C. The zero-order valence-electron chi connectivity index (χ0n) is 13.4. The van der Waals surface area contributed by atoms with E-state index >= 15 is 0 Å². The Bertz CT molecular complexity index is 817. The van der Waals surface area contributed by atoms with Gasteiger partial charge < -0.3 is 5.11 Å². The summed E-state index contributed by atoms with van der Waals surface area (Å²) >= 11 is 1.61. The summed E-state index contributed by atoms with van der Waals surface area (Å²) in [5, 5.41) is 15.5. The minimum atomic E-state index is -0.0612. The van der Waals surface area contributed by atoms with E-state index in [4.69, 9.17) is 4.98 Å². The molecule has 4 nitrogen and oxygen atoms in total. The first-order valence-electron chi connectivity index (χ1n) is 7.55. The fraction of sp³-hybridized carbons (Fsp3) is 0.412. The van der Waals surface area contributed by atoms with Crippen molar-refractivity contribution in [1.29, 1.82) is 0 Å². The Morgan fingerprint density at radius 2 is 2.00 bits per heavy atom. The van der Waals surface area contributed by atoms with E-state index in [0.717, 1.165) is 33.3 Å². The van der Waals surface area contributed by atoms with Crippen molar-refractivity contribution in [2.75, 3.05) is 0 Å². The summed E-state index contributed by atoms with van der Waals surface area (Å²) < 4.78 is 1.80. The Balaban J connectivity index is 2.10. The summed E-state index contributed by atoms with van der Waals surface area (Å²) in [5.74, 6) is 0.563. The standard InChI is InChI=1S/C17H21N3OS/c1-10(2)7-15-19-20-14(9-21)16(18-17(20)22-15)13-6-5-11(3)12(4)8-13/h5-6,8,10,21H,7,9H2,1-4H3. The van der Waals surface area contributed by atoms with E-state index in [1.807, 2.05) is 0 Å². The molecule has 116 valence electrons. The zero-order valence-corrected chi connectivity index (χ0v) is 14.2. The summed E-state index contributed by atoms with van der Waals surface area (Å²) in [4.78, 5) is 5.57. The molecule has 0 saturated heterocycles. The van der Waals surface area contributed by atoms with Crippen LogP contribution in [0.25, 0.3) is 16.2 Å². The van der Waals surface area contributed by atoms with Crippen LogP contribution in [-0.2, 0) is 13.0 Å². The van der Waals surface area contributed by atoms with Gasteiger partial charge in [-0.05, 0) is 37.0 Å². The molecule has 2 aromatic heterocycles. The molecule has 0 amide bonds. The van der Waals surface area contributed by atoms with Gasteiger partial charge >= 0.3 is 0 Å². The highest BCUT2D eigenvalue weighted by atomic mass is 32.1. The summed E-state index contributed by atoms with van der Waals surface area (Å²) in [6.45, 7) is 8.48. The van der Waals surface area contributed by atoms with Crippen LogP contribution in [0.4, 0.5) is 0 Å². The molecule has 5 heteroatoms. The second-order valence-corrected chi connectivity index (χ2v) is 7.19. The number of aryl methyl sites for hydroxylation is 2. The van der Waals surface area contributed by atoms with Crippen molar-refractivity contribution < 1.29 is 5.11 Å². The Labute approximate surface area is 134 Å². The third-order valence-electron chi connectivity index (χ3n) is 3.85. The number of benzene rings is 1. The number of rotatable bonds is 4. The van der Waals surface area contributed by atoms with Gasteiger partial charge in [-0.3, -0.25) is 0 Å². The van der Waals surface area contributed by atoms with Gasteiger partial charge in [-0.15, -0.1) is 0 Å². The zero-order chi connectivity index (χ0) is 15.9. The molecule has 2 heterocycles. The Morgan fingerprint density at radius 1 is 1.23 bits per heavy atom. The Hall–Kier alpha value is -1.72. The molecule has 0 atom stereocenters. The summed E-state index contributed by atoms with van der Waals surface area (Å²) in [6.07, 6.45) is 0.942. The van der Waals surface area contributed by atoms with E-state index in [2.05, 4.69) is 51.0 Å². The molecule has 0 fully saturated rings. The van der Waals surface area contributed by atoms with Crippen molar-refractivity contribution in [3.8, 4) is 11.3 Å². The number of aliphatic hydroxyl groups is 1. The van der Waals surface area contributed by atoms with E-state index in [0.29, 0.717) is 5.92 Å². The number of aliphatic hydroxyl groups excluding tert-OH is 1. The second-order valence-electron chi connectivity index (χ2n) is 6.15. The normalized spacial score (nSPS) is 11.7. The van der Waals surface area contributed by atoms with Crippen LogP contribution >= 0.6 is 11.3 Å². The van der Waals surface area contributed by atoms with Crippen molar-refractivity contribution in [2.24, 2.45) is 5.92 Å². The fourth-order valence-corrected chi connectivity index (χ4v) is 3.65. The van der Waals surface area contributed by atoms with Crippen molar-refractivity contribution in [3.05, 3.63) is 40.0 Å². The molecule has 3 aromatic rings. The lowest BCUT2D eigenvalue weighted by atomic mass is 10.0. The van der Waals surface area contributed by atoms with E-state index in [1.165, 1.54) is 11.1 Å². The van der Waals surface area contributed by atoms with Crippen LogP contribution in [0.2, 0.25) is 0 Å². The first-order valence-corrected chi connectivity index (χ1v) is 8.37. The fourth-order valence-electron chi connectivity index (χ4n) is 2.52. The molecule has 1 N–H and O–H groups in total. The lowest BCUT2D eigenvalue weighted by molar-refractivity contribution is 0.275. The lowest BCUT2D eigenvalue weighted by Crippen LogP contribution is -1.99. The molecule has 0 aliphatic heterocycles. The van der Waals surface area contributed by atoms with Crippen LogP contribution < -0.4 is 0 Å². The van der Waals surface area contributed by atoms with Crippen LogP contribution in [0.5, 0.6) is 0 Å². The number of aromatic nitrogens is 3. The summed E-state index contributed by atoms with van der Waals surface area (Å²) in [7, 11) is 0. The first-order chi connectivity index (χ1) is 10.5. The van der Waals surface area contributed by atoms with Crippen LogP contribution in [0.15, 0.2) is 18.2 Å². The molecule has 0 aliphatic carbocycles. The monoisotopic (exact) mass is 315 g/mol. The quantitative estimate of drug-likeness (QED) is 0.797. The summed E-state index contributed by atoms with van der Waals surface area (Å²) in [5.41, 5.74) is 5.12. The third-order valence-corrected chi connectivity index (χ3v) is 4.78. The lowest BCUT2D eigenvalue weighted by Gasteiger charge is -2.05. The first kappa shape index (κ1) is 15.2. The number of hydrogen-bond acceptors (Lipinski definition) is 4. The molecule has 0 unspecified atom stereocenters. The number of hydrogen-bond donors (Lipinski definition) is 1. The van der Waals surface area contributed by atoms with Crippen LogP contribution in [0.3, 0.4) is 0 Å². The minimum Gasteiger partial charge on any atom is -0.390 e. The predicted molar refractivity (Wildman–Crippen MR) is 90.2 cm³/mol. The van der Waals surface area contributed by atoms with Crippen LogP contribution in [0.1, 0.15) is 35.7 Å². The highest BCUT2D eigenvalue weighted by molar-refractivity contribution is 7.16. The molecule has 1 aromatic carbocycles. The van der Waals surface area contributed by atoms with Gasteiger partial charge in [-0.25, -0.2) is 9.50 Å². The van der Waals surface area contributed by atoms with Gasteiger partial charge in [-0.2, -0.15) is 5.10 Å². The third kappa shape index (κ3) is 2.66. The number of imidazole rings is 1. The van der Waals surface area contributed by atoms with Gasteiger partial charge in [0.15, 0.2) is 0 Å². The van der Waals surface area contributed by atoms with E-state index in [-0.39, 0.29) is 6.61 Å². The average Bonchev–Trinajstić information content (AvgIpc) is 2.97. The molecular formula is C17H21N3OS. The van der Waals surface area contributed by atoms with Gasteiger partial charge in [0.05, 0.1) is 18.0 Å². The molecule has 0 spiro atoms. The molecule has 3 rings (SSSR count). The highest BCUT2D eigenvalue weighted by Crippen LogP contribution is 2.29. The maximum atomic E-state index is 9.79. The maximum Gasteiger partial charge on any atom is 0.213 e. The number of fused-ring (bicyclic) bond motifs is 1. The molecule has 0 aliphatic rings. The minimum absolute atomic E-state index is 0.0612. The molecule has 0 bridgehead atoms. The van der Waals surface area contributed by atoms with E-state index in [1.54, 1.807) is 15.9 Å². The molecular weight excluding hydrogens is 294 g/mol. The average molecular weight is 315 g/mol. The topological polar surface area (TPSA) is 50.4 Å². The van der Waals surface area contributed by atoms with E-state index < -0.39 is 0 Å². The van der Waals surface area contributed by atoms with Gasteiger partial charge in [-0.1, -0.05) is 37.3 Å². The van der Waals surface area contributed by atoms with Crippen molar-refractivity contribution in [2.45, 2.75) is 40.7 Å². The number of nitrogens with zero attached hydrogens (tertiary/aromatic N) is 3. The van der Waals surface area contributed by atoms with Crippen molar-refractivity contribution in [3.63, 3.8) is 0 Å². The summed E-state index contributed by atoms with van der Waals surface area (Å²) in [6, 6.07) is 6.27. The van der Waals surface area contributed by atoms with E-state index in [9.17, 15) is 5.11 Å². The Morgan fingerprint density at radius 3 is 2.64 bits per heavy atom. The van der Waals surface area contributed by atoms with Gasteiger partial charge in [0.25, 0.3) is 0 Å². The van der Waals surface area contributed by atoms with Gasteiger partial charge in [0.1, 0.15) is 5.01 Å². The van der Waals surface area contributed by atoms with Crippen molar-refractivity contribution in [1.82, 2.24) is 14.6 Å². The van der Waals surface area contributed by atoms with Crippen LogP contribution in [-0.4, -0.2) is 19.7 Å².